The van der Waals surface area contributed by atoms with Gasteiger partial charge in [0, 0.05) is 19.1 Å². The SMILES string of the molecule is CC1(C)CN(C2CCC(C)(C)C2O)CC(C)(C)O1. The summed E-state index contributed by atoms with van der Waals surface area (Å²) in [5.74, 6) is 0. The van der Waals surface area contributed by atoms with Crippen LogP contribution in [0.4, 0.5) is 0 Å². The van der Waals surface area contributed by atoms with Crippen LogP contribution in [0.2, 0.25) is 0 Å². The predicted octanol–water partition coefficient (Wildman–Crippen LogP) is 2.43. The summed E-state index contributed by atoms with van der Waals surface area (Å²) in [7, 11) is 0. The van der Waals surface area contributed by atoms with Crippen LogP contribution in [0.15, 0.2) is 0 Å². The van der Waals surface area contributed by atoms with E-state index in [-0.39, 0.29) is 22.7 Å². The first-order valence-electron chi connectivity index (χ1n) is 7.15. The molecular formula is C15H29NO2. The molecule has 0 aromatic heterocycles. The van der Waals surface area contributed by atoms with Crippen molar-refractivity contribution < 1.29 is 9.84 Å². The van der Waals surface area contributed by atoms with E-state index in [1.807, 2.05) is 0 Å². The summed E-state index contributed by atoms with van der Waals surface area (Å²) in [6.45, 7) is 14.8. The van der Waals surface area contributed by atoms with Gasteiger partial charge in [-0.15, -0.1) is 0 Å². The Morgan fingerprint density at radius 2 is 1.50 bits per heavy atom. The molecular weight excluding hydrogens is 226 g/mol. The van der Waals surface area contributed by atoms with Crippen LogP contribution < -0.4 is 0 Å². The summed E-state index contributed by atoms with van der Waals surface area (Å²) in [6.07, 6.45) is 1.99. The molecule has 1 N–H and O–H groups in total. The van der Waals surface area contributed by atoms with Crippen LogP contribution in [0.3, 0.4) is 0 Å². The number of ether oxygens (including phenoxy) is 1. The Kier molecular flexibility index (Phi) is 3.33. The van der Waals surface area contributed by atoms with Gasteiger partial charge in [0.25, 0.3) is 0 Å². The second kappa shape index (κ2) is 4.19. The molecule has 0 spiro atoms. The maximum Gasteiger partial charge on any atom is 0.0760 e. The topological polar surface area (TPSA) is 32.7 Å². The van der Waals surface area contributed by atoms with Crippen LogP contribution in [0.1, 0.15) is 54.4 Å². The number of nitrogens with zero attached hydrogens (tertiary/aromatic N) is 1. The van der Waals surface area contributed by atoms with Crippen molar-refractivity contribution in [2.75, 3.05) is 13.1 Å². The van der Waals surface area contributed by atoms with Crippen LogP contribution in [0.5, 0.6) is 0 Å². The highest BCUT2D eigenvalue weighted by Crippen LogP contribution is 2.42. The summed E-state index contributed by atoms with van der Waals surface area (Å²) in [6, 6.07) is 0.294. The zero-order chi connectivity index (χ0) is 13.8. The Morgan fingerprint density at radius 3 is 1.89 bits per heavy atom. The fraction of sp³-hybridized carbons (Fsp3) is 1.00. The van der Waals surface area contributed by atoms with Gasteiger partial charge in [0.1, 0.15) is 0 Å². The quantitative estimate of drug-likeness (QED) is 0.781. The minimum Gasteiger partial charge on any atom is -0.391 e. The number of aliphatic hydroxyl groups excluding tert-OH is 1. The molecule has 1 saturated carbocycles. The summed E-state index contributed by atoms with van der Waals surface area (Å²) in [4.78, 5) is 2.45. The number of hydrogen-bond donors (Lipinski definition) is 1. The van der Waals surface area contributed by atoms with Gasteiger partial charge in [0.05, 0.1) is 17.3 Å². The third kappa shape index (κ3) is 2.73. The van der Waals surface area contributed by atoms with Gasteiger partial charge in [-0.2, -0.15) is 0 Å². The third-order valence-corrected chi connectivity index (χ3v) is 4.44. The monoisotopic (exact) mass is 255 g/mol. The van der Waals surface area contributed by atoms with E-state index in [0.29, 0.717) is 6.04 Å². The van der Waals surface area contributed by atoms with Crippen LogP contribution in [0.25, 0.3) is 0 Å². The standard InChI is InChI=1S/C15H29NO2/c1-13(2)8-7-11(12(13)17)16-9-14(3,4)18-15(5,6)10-16/h11-12,17H,7-10H2,1-6H3. The Bertz CT molecular complexity index is 306. The van der Waals surface area contributed by atoms with Crippen LogP contribution in [0, 0.1) is 5.41 Å². The molecule has 18 heavy (non-hydrogen) atoms. The minimum absolute atomic E-state index is 0.0528. The Labute approximate surface area is 112 Å². The van der Waals surface area contributed by atoms with Crippen molar-refractivity contribution in [3.8, 4) is 0 Å². The average molecular weight is 255 g/mol. The molecule has 2 fully saturated rings. The number of hydrogen-bond acceptors (Lipinski definition) is 3. The Morgan fingerprint density at radius 1 is 1.00 bits per heavy atom. The van der Waals surface area contributed by atoms with Crippen molar-refractivity contribution in [1.82, 2.24) is 4.90 Å². The molecule has 2 unspecified atom stereocenters. The molecule has 1 saturated heterocycles. The first-order chi connectivity index (χ1) is 8.03. The Balaban J connectivity index is 2.14. The second-order valence-electron chi connectivity index (χ2n) is 8.07. The third-order valence-electron chi connectivity index (χ3n) is 4.44. The van der Waals surface area contributed by atoms with Gasteiger partial charge in [-0.25, -0.2) is 0 Å². The van der Waals surface area contributed by atoms with Crippen LogP contribution >= 0.6 is 0 Å². The second-order valence-corrected chi connectivity index (χ2v) is 8.07. The maximum absolute atomic E-state index is 10.5. The van der Waals surface area contributed by atoms with Gasteiger partial charge in [-0.05, 0) is 46.0 Å². The summed E-state index contributed by atoms with van der Waals surface area (Å²) in [5.41, 5.74) is -0.209. The number of aliphatic hydroxyl groups is 1. The van der Waals surface area contributed by atoms with Gasteiger partial charge in [-0.3, -0.25) is 4.90 Å². The van der Waals surface area contributed by atoms with Crippen molar-refractivity contribution in [1.29, 1.82) is 0 Å². The zero-order valence-electron chi connectivity index (χ0n) is 12.8. The lowest BCUT2D eigenvalue weighted by Gasteiger charge is -2.50. The average Bonchev–Trinajstić information content (AvgIpc) is 2.36. The molecule has 0 radical (unpaired) electrons. The Hall–Kier alpha value is -0.120. The van der Waals surface area contributed by atoms with E-state index in [1.165, 1.54) is 0 Å². The van der Waals surface area contributed by atoms with E-state index in [1.54, 1.807) is 0 Å². The molecule has 2 rings (SSSR count). The highest BCUT2D eigenvalue weighted by atomic mass is 16.5. The van der Waals surface area contributed by atoms with E-state index in [4.69, 9.17) is 4.74 Å². The van der Waals surface area contributed by atoms with Gasteiger partial charge in [0.2, 0.25) is 0 Å². The van der Waals surface area contributed by atoms with Gasteiger partial charge >= 0.3 is 0 Å². The predicted molar refractivity (Wildman–Crippen MR) is 73.6 cm³/mol. The molecule has 0 bridgehead atoms. The van der Waals surface area contributed by atoms with Crippen molar-refractivity contribution in [3.63, 3.8) is 0 Å². The minimum atomic E-state index is -0.220. The van der Waals surface area contributed by atoms with Gasteiger partial charge in [0.15, 0.2) is 0 Å². The van der Waals surface area contributed by atoms with Crippen molar-refractivity contribution in [2.45, 2.75) is 77.7 Å². The molecule has 0 aromatic carbocycles. The first-order valence-corrected chi connectivity index (χ1v) is 7.15. The van der Waals surface area contributed by atoms with E-state index in [0.717, 1.165) is 25.9 Å². The molecule has 1 aliphatic heterocycles. The molecule has 1 aliphatic carbocycles. The van der Waals surface area contributed by atoms with Gasteiger partial charge < -0.3 is 9.84 Å². The molecule has 3 heteroatoms. The molecule has 0 amide bonds. The van der Waals surface area contributed by atoms with E-state index >= 15 is 0 Å². The molecule has 106 valence electrons. The summed E-state index contributed by atoms with van der Waals surface area (Å²) >= 11 is 0. The lowest BCUT2D eigenvalue weighted by molar-refractivity contribution is -0.193. The smallest absolute Gasteiger partial charge is 0.0760 e. The molecule has 2 aliphatic rings. The summed E-state index contributed by atoms with van der Waals surface area (Å²) < 4.78 is 6.11. The molecule has 0 aromatic rings. The molecule has 1 heterocycles. The van der Waals surface area contributed by atoms with Crippen molar-refractivity contribution >= 4 is 0 Å². The van der Waals surface area contributed by atoms with Crippen LogP contribution in [-0.4, -0.2) is 46.4 Å². The fourth-order valence-corrected chi connectivity index (χ4v) is 3.81. The van der Waals surface area contributed by atoms with Crippen molar-refractivity contribution in [2.24, 2.45) is 5.41 Å². The lowest BCUT2D eigenvalue weighted by Crippen LogP contribution is -2.61. The molecule has 3 nitrogen and oxygen atoms in total. The number of rotatable bonds is 1. The zero-order valence-corrected chi connectivity index (χ0v) is 12.8. The van der Waals surface area contributed by atoms with E-state index in [2.05, 4.69) is 46.4 Å². The number of morpholine rings is 1. The van der Waals surface area contributed by atoms with Gasteiger partial charge in [-0.1, -0.05) is 13.8 Å². The van der Waals surface area contributed by atoms with Crippen molar-refractivity contribution in [3.05, 3.63) is 0 Å². The summed E-state index contributed by atoms with van der Waals surface area (Å²) in [5, 5.41) is 10.5. The highest BCUT2D eigenvalue weighted by Gasteiger charge is 2.48. The normalized spacial score (nSPS) is 38.8. The maximum atomic E-state index is 10.5. The van der Waals surface area contributed by atoms with E-state index < -0.39 is 0 Å². The first kappa shape index (κ1) is 14.3. The lowest BCUT2D eigenvalue weighted by atomic mass is 9.88. The largest absolute Gasteiger partial charge is 0.391 e. The van der Waals surface area contributed by atoms with Crippen LogP contribution in [-0.2, 0) is 4.74 Å². The molecule has 2 atom stereocenters. The van der Waals surface area contributed by atoms with E-state index in [9.17, 15) is 5.11 Å². The fourth-order valence-electron chi connectivity index (χ4n) is 3.81. The highest BCUT2D eigenvalue weighted by molar-refractivity contribution is 5.00.